The maximum Gasteiger partial charge on any atom is 0.244 e. The van der Waals surface area contributed by atoms with Gasteiger partial charge < -0.3 is 5.32 Å². The number of thiazole rings is 1. The van der Waals surface area contributed by atoms with Crippen LogP contribution in [0.4, 0.5) is 5.13 Å². The second-order valence-electron chi connectivity index (χ2n) is 6.85. The van der Waals surface area contributed by atoms with E-state index in [4.69, 9.17) is 0 Å². The summed E-state index contributed by atoms with van der Waals surface area (Å²) >= 11 is 1.31. The molecule has 1 aliphatic heterocycles. The molecule has 0 bridgehead atoms. The van der Waals surface area contributed by atoms with Crippen LogP contribution in [0.25, 0.3) is 11.3 Å². The summed E-state index contributed by atoms with van der Waals surface area (Å²) < 4.78 is 27.4. The number of sulfonamides is 1. The highest BCUT2D eigenvalue weighted by Crippen LogP contribution is 2.29. The van der Waals surface area contributed by atoms with E-state index in [1.165, 1.54) is 15.6 Å². The summed E-state index contributed by atoms with van der Waals surface area (Å²) in [6.45, 7) is 2.23. The van der Waals surface area contributed by atoms with Crippen LogP contribution in [-0.4, -0.2) is 41.2 Å². The molecule has 0 radical (unpaired) electrons. The molecule has 1 N–H and O–H groups in total. The summed E-state index contributed by atoms with van der Waals surface area (Å²) in [7, 11) is -3.73. The molecule has 1 unspecified atom stereocenters. The molecular weight excluding hydrogens is 408 g/mol. The Bertz CT molecular complexity index is 1110. The zero-order valence-electron chi connectivity index (χ0n) is 15.8. The average molecular weight is 429 g/mol. The number of pyridine rings is 1. The predicted molar refractivity (Wildman–Crippen MR) is 112 cm³/mol. The maximum atomic E-state index is 13.0. The van der Waals surface area contributed by atoms with Gasteiger partial charge in [-0.1, -0.05) is 17.7 Å². The Kier molecular flexibility index (Phi) is 5.44. The van der Waals surface area contributed by atoms with Gasteiger partial charge in [0.25, 0.3) is 0 Å². The first-order valence-corrected chi connectivity index (χ1v) is 11.5. The normalized spacial score (nSPS) is 17.3. The van der Waals surface area contributed by atoms with Crippen molar-refractivity contribution in [3.05, 3.63) is 59.7 Å². The molecule has 7 nitrogen and oxygen atoms in total. The van der Waals surface area contributed by atoms with E-state index in [-0.39, 0.29) is 10.8 Å². The third kappa shape index (κ3) is 4.07. The van der Waals surface area contributed by atoms with Crippen LogP contribution in [0.3, 0.4) is 0 Å². The summed E-state index contributed by atoms with van der Waals surface area (Å²) in [5, 5.41) is 5.08. The number of carbonyl (C=O) groups excluding carboxylic acids is 1. The van der Waals surface area contributed by atoms with Crippen LogP contribution in [0.15, 0.2) is 59.1 Å². The van der Waals surface area contributed by atoms with E-state index in [1.54, 1.807) is 36.7 Å². The fourth-order valence-corrected chi connectivity index (χ4v) is 5.69. The van der Waals surface area contributed by atoms with E-state index in [0.29, 0.717) is 24.5 Å². The lowest BCUT2D eigenvalue weighted by Crippen LogP contribution is -2.43. The van der Waals surface area contributed by atoms with Crippen molar-refractivity contribution in [1.82, 2.24) is 14.3 Å². The smallest absolute Gasteiger partial charge is 0.244 e. The lowest BCUT2D eigenvalue weighted by atomic mass is 10.2. The zero-order chi connectivity index (χ0) is 20.4. The molecule has 0 spiro atoms. The first-order chi connectivity index (χ1) is 13.9. The van der Waals surface area contributed by atoms with Crippen molar-refractivity contribution < 1.29 is 13.2 Å². The minimum absolute atomic E-state index is 0.206. The van der Waals surface area contributed by atoms with Crippen molar-refractivity contribution in [2.45, 2.75) is 30.7 Å². The van der Waals surface area contributed by atoms with Gasteiger partial charge in [-0.05, 0) is 44.0 Å². The van der Waals surface area contributed by atoms with Gasteiger partial charge in [0.05, 0.1) is 10.6 Å². The van der Waals surface area contributed by atoms with Crippen molar-refractivity contribution in [2.75, 3.05) is 11.9 Å². The van der Waals surface area contributed by atoms with E-state index in [2.05, 4.69) is 15.3 Å². The van der Waals surface area contributed by atoms with Crippen LogP contribution < -0.4 is 5.32 Å². The molecule has 3 heterocycles. The number of aromatic nitrogens is 2. The first-order valence-electron chi connectivity index (χ1n) is 9.20. The van der Waals surface area contributed by atoms with Crippen LogP contribution in [-0.2, 0) is 14.8 Å². The molecular formula is C20H20N4O3S2. The largest absolute Gasteiger partial charge is 0.301 e. The number of hydrogen-bond acceptors (Lipinski definition) is 6. The number of nitrogens with one attached hydrogen (secondary N) is 1. The van der Waals surface area contributed by atoms with Gasteiger partial charge in [0.15, 0.2) is 5.13 Å². The highest BCUT2D eigenvalue weighted by atomic mass is 32.2. The quantitative estimate of drug-likeness (QED) is 0.673. The molecule has 9 heteroatoms. The number of hydrogen-bond donors (Lipinski definition) is 1. The number of aryl methyl sites for hydroxylation is 1. The Morgan fingerprint density at radius 1 is 1.17 bits per heavy atom. The third-order valence-corrected chi connectivity index (χ3v) is 7.52. The Hall–Kier alpha value is -2.62. The molecule has 1 fully saturated rings. The third-order valence-electron chi connectivity index (χ3n) is 4.84. The standard InChI is InChI=1S/C20H20N4O3S2/c1-14-4-6-16(7-5-14)29(26,27)24-12-2-3-18(24)19(25)23-20-22-17(13-28-20)15-8-10-21-11-9-15/h4-11,13,18H,2-3,12H2,1H3,(H,22,23,25). The molecule has 150 valence electrons. The van der Waals surface area contributed by atoms with Gasteiger partial charge in [-0.2, -0.15) is 4.31 Å². The van der Waals surface area contributed by atoms with Crippen molar-refractivity contribution in [3.63, 3.8) is 0 Å². The van der Waals surface area contributed by atoms with Crippen LogP contribution >= 0.6 is 11.3 Å². The molecule has 2 aromatic heterocycles. The first kappa shape index (κ1) is 19.7. The number of benzene rings is 1. The fourth-order valence-electron chi connectivity index (χ4n) is 3.31. The highest BCUT2D eigenvalue weighted by molar-refractivity contribution is 7.89. The highest BCUT2D eigenvalue weighted by Gasteiger charge is 2.39. The van der Waals surface area contributed by atoms with Crippen molar-refractivity contribution in [2.24, 2.45) is 0 Å². The molecule has 29 heavy (non-hydrogen) atoms. The number of carbonyl (C=O) groups is 1. The van der Waals surface area contributed by atoms with Gasteiger partial charge in [0.2, 0.25) is 15.9 Å². The van der Waals surface area contributed by atoms with E-state index in [9.17, 15) is 13.2 Å². The molecule has 1 saturated heterocycles. The van der Waals surface area contributed by atoms with E-state index in [1.807, 2.05) is 24.4 Å². The number of rotatable bonds is 5. The number of nitrogens with zero attached hydrogens (tertiary/aromatic N) is 3. The van der Waals surface area contributed by atoms with Gasteiger partial charge in [-0.15, -0.1) is 11.3 Å². The molecule has 1 aromatic carbocycles. The van der Waals surface area contributed by atoms with Crippen LogP contribution in [0.5, 0.6) is 0 Å². The van der Waals surface area contributed by atoms with Crippen LogP contribution in [0, 0.1) is 6.92 Å². The summed E-state index contributed by atoms with van der Waals surface area (Å²) in [4.78, 5) is 21.5. The Labute approximate surface area is 173 Å². The van der Waals surface area contributed by atoms with E-state index >= 15 is 0 Å². The Balaban J connectivity index is 1.51. The lowest BCUT2D eigenvalue weighted by Gasteiger charge is -2.23. The SMILES string of the molecule is Cc1ccc(S(=O)(=O)N2CCCC2C(=O)Nc2nc(-c3ccncc3)cs2)cc1. The van der Waals surface area contributed by atoms with Crippen molar-refractivity contribution in [1.29, 1.82) is 0 Å². The summed E-state index contributed by atoms with van der Waals surface area (Å²) in [6, 6.07) is 9.62. The molecule has 4 rings (SSSR count). The molecule has 1 aliphatic rings. The summed E-state index contributed by atoms with van der Waals surface area (Å²) in [5.74, 6) is -0.353. The monoisotopic (exact) mass is 428 g/mol. The van der Waals surface area contributed by atoms with E-state index < -0.39 is 16.1 Å². The molecule has 0 aliphatic carbocycles. The Morgan fingerprint density at radius 2 is 1.90 bits per heavy atom. The summed E-state index contributed by atoms with van der Waals surface area (Å²) in [5.41, 5.74) is 2.62. The molecule has 0 saturated carbocycles. The minimum atomic E-state index is -3.73. The average Bonchev–Trinajstić information content (AvgIpc) is 3.39. The van der Waals surface area contributed by atoms with Gasteiger partial charge in [-0.3, -0.25) is 9.78 Å². The number of anilines is 1. The topological polar surface area (TPSA) is 92.3 Å². The van der Waals surface area contributed by atoms with Gasteiger partial charge >= 0.3 is 0 Å². The van der Waals surface area contributed by atoms with Crippen molar-refractivity contribution >= 4 is 32.4 Å². The molecule has 1 amide bonds. The molecule has 3 aromatic rings. The van der Waals surface area contributed by atoms with Gasteiger partial charge in [0.1, 0.15) is 6.04 Å². The zero-order valence-corrected chi connectivity index (χ0v) is 17.4. The lowest BCUT2D eigenvalue weighted by molar-refractivity contribution is -0.119. The van der Waals surface area contributed by atoms with Crippen molar-refractivity contribution in [3.8, 4) is 11.3 Å². The second-order valence-corrected chi connectivity index (χ2v) is 9.60. The van der Waals surface area contributed by atoms with Gasteiger partial charge in [-0.25, -0.2) is 13.4 Å². The Morgan fingerprint density at radius 3 is 2.62 bits per heavy atom. The van der Waals surface area contributed by atoms with Crippen LogP contribution in [0.1, 0.15) is 18.4 Å². The summed E-state index contributed by atoms with van der Waals surface area (Å²) in [6.07, 6.45) is 4.49. The predicted octanol–water partition coefficient (Wildman–Crippen LogP) is 3.31. The van der Waals surface area contributed by atoms with E-state index in [0.717, 1.165) is 16.8 Å². The van der Waals surface area contributed by atoms with Gasteiger partial charge in [0, 0.05) is 29.9 Å². The maximum absolute atomic E-state index is 13.0. The minimum Gasteiger partial charge on any atom is -0.301 e. The van der Waals surface area contributed by atoms with Crippen LogP contribution in [0.2, 0.25) is 0 Å². The second kappa shape index (κ2) is 8.02. The number of amides is 1. The fraction of sp³-hybridized carbons (Fsp3) is 0.250. The molecule has 1 atom stereocenters.